The fourth-order valence-corrected chi connectivity index (χ4v) is 3.28. The molecule has 0 radical (unpaired) electrons. The zero-order chi connectivity index (χ0) is 15.1. The van der Waals surface area contributed by atoms with Crippen LogP contribution in [0.5, 0.6) is 0 Å². The van der Waals surface area contributed by atoms with Crippen LogP contribution in [0.15, 0.2) is 10.7 Å². The van der Waals surface area contributed by atoms with Crippen molar-refractivity contribution in [2.45, 2.75) is 13.3 Å². The maximum absolute atomic E-state index is 12.7. The summed E-state index contributed by atoms with van der Waals surface area (Å²) in [4.78, 5) is 17.3. The van der Waals surface area contributed by atoms with Crippen LogP contribution in [0, 0.1) is 12.8 Å². The molecule has 6 nitrogen and oxygen atoms in total. The van der Waals surface area contributed by atoms with Gasteiger partial charge in [-0.2, -0.15) is 8.42 Å². The van der Waals surface area contributed by atoms with E-state index in [2.05, 4.69) is 20.9 Å². The van der Waals surface area contributed by atoms with Crippen LogP contribution in [0.25, 0.3) is 0 Å². The van der Waals surface area contributed by atoms with Crippen molar-refractivity contribution in [3.8, 4) is 0 Å². The van der Waals surface area contributed by atoms with Gasteiger partial charge in [0, 0.05) is 29.6 Å². The summed E-state index contributed by atoms with van der Waals surface area (Å²) in [6.45, 7) is 1.87. The predicted octanol–water partition coefficient (Wildman–Crippen LogP) is 1.39. The third-order valence-corrected chi connectivity index (χ3v) is 4.87. The average molecular weight is 366 g/mol. The number of aromatic nitrogens is 1. The van der Waals surface area contributed by atoms with E-state index in [4.69, 9.17) is 5.73 Å². The normalized spacial score (nSPS) is 19.6. The van der Waals surface area contributed by atoms with E-state index in [1.165, 1.54) is 11.1 Å². The zero-order valence-electron chi connectivity index (χ0n) is 10.6. The highest BCUT2D eigenvalue weighted by Gasteiger charge is 2.35. The number of amides is 1. The van der Waals surface area contributed by atoms with Crippen LogP contribution in [0.2, 0.25) is 0 Å². The van der Waals surface area contributed by atoms with Crippen molar-refractivity contribution < 1.29 is 17.1 Å². The Bertz CT molecular complexity index is 665. The van der Waals surface area contributed by atoms with Crippen LogP contribution in [0.4, 0.5) is 15.4 Å². The highest BCUT2D eigenvalue weighted by Crippen LogP contribution is 2.33. The van der Waals surface area contributed by atoms with Crippen molar-refractivity contribution in [1.82, 2.24) is 4.98 Å². The Balaban J connectivity index is 2.27. The van der Waals surface area contributed by atoms with E-state index >= 15 is 0 Å². The van der Waals surface area contributed by atoms with Crippen molar-refractivity contribution in [3.05, 3.63) is 16.2 Å². The molecule has 110 valence electrons. The molecular weight excluding hydrogens is 353 g/mol. The van der Waals surface area contributed by atoms with Crippen LogP contribution < -0.4 is 10.6 Å². The number of carbonyl (C=O) groups is 1. The Morgan fingerprint density at radius 3 is 2.85 bits per heavy atom. The fourth-order valence-electron chi connectivity index (χ4n) is 2.18. The molecule has 1 aliphatic heterocycles. The Kier molecular flexibility index (Phi) is 4.01. The molecule has 0 spiro atoms. The van der Waals surface area contributed by atoms with E-state index in [1.54, 1.807) is 6.92 Å². The molecule has 0 bridgehead atoms. The first-order valence-corrected chi connectivity index (χ1v) is 8.17. The van der Waals surface area contributed by atoms with Gasteiger partial charge in [0.25, 0.3) is 0 Å². The fraction of sp³-hybridized carbons (Fsp3) is 0.455. The molecule has 2 heterocycles. The van der Waals surface area contributed by atoms with Gasteiger partial charge < -0.3 is 5.73 Å². The minimum Gasteiger partial charge on any atom is -0.395 e. The van der Waals surface area contributed by atoms with Gasteiger partial charge in [0.15, 0.2) is 5.82 Å². The van der Waals surface area contributed by atoms with E-state index in [9.17, 15) is 17.1 Å². The number of nitrogens with zero attached hydrogens (tertiary/aromatic N) is 2. The van der Waals surface area contributed by atoms with Crippen molar-refractivity contribution >= 4 is 43.6 Å². The second-order valence-corrected chi connectivity index (χ2v) is 7.01. The second-order valence-electron chi connectivity index (χ2n) is 4.75. The molecule has 9 heteroatoms. The van der Waals surface area contributed by atoms with Gasteiger partial charge in [-0.25, -0.2) is 4.98 Å². The lowest BCUT2D eigenvalue weighted by Gasteiger charge is -2.18. The van der Waals surface area contributed by atoms with Crippen LogP contribution in [-0.4, -0.2) is 31.6 Å². The molecule has 2 rings (SSSR count). The summed E-state index contributed by atoms with van der Waals surface area (Å²) in [7, 11) is -4.60. The van der Waals surface area contributed by atoms with Gasteiger partial charge in [-0.1, -0.05) is 0 Å². The maximum atomic E-state index is 12.7. The first-order chi connectivity index (χ1) is 9.19. The molecule has 1 aliphatic rings. The third-order valence-electron chi connectivity index (χ3n) is 3.20. The summed E-state index contributed by atoms with van der Waals surface area (Å²) in [5.74, 6) is -1.26. The molecule has 0 saturated carbocycles. The maximum Gasteiger partial charge on any atom is 0.302 e. The lowest BCUT2D eigenvalue weighted by atomic mass is 10.1. The number of nitrogens with two attached hydrogens (primary N) is 1. The molecule has 20 heavy (non-hydrogen) atoms. The smallest absolute Gasteiger partial charge is 0.302 e. The minimum absolute atomic E-state index is 0.0284. The highest BCUT2D eigenvalue weighted by molar-refractivity contribution is 9.10. The summed E-state index contributed by atoms with van der Waals surface area (Å²) in [6.07, 6.45) is 1.49. The van der Waals surface area contributed by atoms with Gasteiger partial charge in [0.05, 0.1) is 11.4 Å². The number of anilines is 2. The standard InChI is InChI=1S/C11H13BrFN3O3S/c1-6-8(12)3-15-11(10(6)14)16-4-7(2-9(16)17)5-20(13,18)19/h3,7H,2,4-5,14H2,1H3. The van der Waals surface area contributed by atoms with Crippen molar-refractivity contribution in [2.24, 2.45) is 5.92 Å². The minimum atomic E-state index is -4.60. The zero-order valence-corrected chi connectivity index (χ0v) is 13.0. The van der Waals surface area contributed by atoms with Crippen LogP contribution in [0.3, 0.4) is 0 Å². The monoisotopic (exact) mass is 365 g/mol. The summed E-state index contributed by atoms with van der Waals surface area (Å²) in [5.41, 5.74) is 7.00. The molecule has 2 N–H and O–H groups in total. The van der Waals surface area contributed by atoms with E-state index in [-0.39, 0.29) is 24.7 Å². The molecule has 1 aromatic rings. The SMILES string of the molecule is Cc1c(Br)cnc(N2CC(CS(=O)(=O)F)CC2=O)c1N. The molecule has 1 unspecified atom stereocenters. The average Bonchev–Trinajstić information content (AvgIpc) is 2.65. The predicted molar refractivity (Wildman–Crippen MR) is 76.4 cm³/mol. The molecule has 1 aromatic heterocycles. The molecular formula is C11H13BrFN3O3S. The van der Waals surface area contributed by atoms with Crippen molar-refractivity contribution in [1.29, 1.82) is 0 Å². The van der Waals surface area contributed by atoms with Gasteiger partial charge in [-0.15, -0.1) is 3.89 Å². The van der Waals surface area contributed by atoms with Crippen LogP contribution >= 0.6 is 15.9 Å². The second kappa shape index (κ2) is 5.28. The van der Waals surface area contributed by atoms with E-state index in [0.29, 0.717) is 10.2 Å². The third kappa shape index (κ3) is 3.09. The van der Waals surface area contributed by atoms with Crippen molar-refractivity contribution in [2.75, 3.05) is 22.9 Å². The number of hydrogen-bond donors (Lipinski definition) is 1. The quantitative estimate of drug-likeness (QED) is 0.816. The lowest BCUT2D eigenvalue weighted by Crippen LogP contribution is -2.27. The number of halogens is 2. The highest BCUT2D eigenvalue weighted by atomic mass is 79.9. The van der Waals surface area contributed by atoms with Gasteiger partial charge in [-0.3, -0.25) is 9.69 Å². The summed E-state index contributed by atoms with van der Waals surface area (Å²) < 4.78 is 34.7. The molecule has 1 amide bonds. The molecule has 1 saturated heterocycles. The largest absolute Gasteiger partial charge is 0.395 e. The van der Waals surface area contributed by atoms with Gasteiger partial charge in [0.2, 0.25) is 5.91 Å². The Morgan fingerprint density at radius 2 is 2.25 bits per heavy atom. The topological polar surface area (TPSA) is 93.4 Å². The van der Waals surface area contributed by atoms with Gasteiger partial charge in [0.1, 0.15) is 0 Å². The number of pyridine rings is 1. The molecule has 0 aromatic carbocycles. The Hall–Kier alpha value is -1.22. The van der Waals surface area contributed by atoms with Crippen LogP contribution in [0.1, 0.15) is 12.0 Å². The summed E-state index contributed by atoms with van der Waals surface area (Å²) in [5, 5.41) is 0. The van der Waals surface area contributed by atoms with Gasteiger partial charge >= 0.3 is 10.2 Å². The lowest BCUT2D eigenvalue weighted by molar-refractivity contribution is -0.117. The Labute approximate surface area is 124 Å². The first kappa shape index (κ1) is 15.2. The first-order valence-electron chi connectivity index (χ1n) is 5.82. The number of nitrogen functional groups attached to an aromatic ring is 1. The van der Waals surface area contributed by atoms with Crippen molar-refractivity contribution in [3.63, 3.8) is 0 Å². The number of rotatable bonds is 3. The number of carbonyl (C=O) groups excluding carboxylic acids is 1. The van der Waals surface area contributed by atoms with E-state index < -0.39 is 21.9 Å². The Morgan fingerprint density at radius 1 is 1.60 bits per heavy atom. The van der Waals surface area contributed by atoms with E-state index in [0.717, 1.165) is 5.56 Å². The molecule has 0 aliphatic carbocycles. The number of hydrogen-bond acceptors (Lipinski definition) is 5. The van der Waals surface area contributed by atoms with Crippen LogP contribution in [-0.2, 0) is 15.0 Å². The summed E-state index contributed by atoms with van der Waals surface area (Å²) in [6, 6.07) is 0. The summed E-state index contributed by atoms with van der Waals surface area (Å²) >= 11 is 3.28. The molecule has 1 atom stereocenters. The molecule has 1 fully saturated rings. The van der Waals surface area contributed by atoms with Gasteiger partial charge in [-0.05, 0) is 28.4 Å². The van der Waals surface area contributed by atoms with E-state index in [1.807, 2.05) is 0 Å².